The number of nitrogens with zero attached hydrogens (tertiary/aromatic N) is 4. The number of aromatic nitrogens is 2. The zero-order valence-corrected chi connectivity index (χ0v) is 20.6. The van der Waals surface area contributed by atoms with Crippen molar-refractivity contribution in [2.45, 2.75) is 64.3 Å². The first-order valence-electron chi connectivity index (χ1n) is 12.3. The maximum atomic E-state index is 14.5. The highest BCUT2D eigenvalue weighted by Crippen LogP contribution is 2.25. The van der Waals surface area contributed by atoms with Crippen LogP contribution in [0.5, 0.6) is 0 Å². The van der Waals surface area contributed by atoms with Crippen molar-refractivity contribution in [3.05, 3.63) is 42.0 Å². The Hall–Kier alpha value is -2.62. The van der Waals surface area contributed by atoms with Gasteiger partial charge in [-0.2, -0.15) is 0 Å². The van der Waals surface area contributed by atoms with Gasteiger partial charge in [0.25, 0.3) is 0 Å². The highest BCUT2D eigenvalue weighted by atomic mass is 19.1. The number of piperidine rings is 1. The molecule has 2 aromatic rings. The number of hydrogen-bond donors (Lipinski definition) is 1. The second kappa shape index (κ2) is 11.9. The van der Waals surface area contributed by atoms with E-state index in [0.717, 1.165) is 51.1 Å². The standard InChI is InChI=1S/C26H35FN4O4/c1-26(2,34-17-22-7-3-4-13-33-22)18-35-30-21-9-11-31(12-10-21)25-28-14-20(15-29-25)23-8-5-6-19(16-32)24(23)27/h5-6,8,14-15,22,32H,3-4,7,9-13,16-18H2,1-2H3. The van der Waals surface area contributed by atoms with Crippen LogP contribution < -0.4 is 4.90 Å². The van der Waals surface area contributed by atoms with Crippen molar-refractivity contribution < 1.29 is 23.8 Å². The number of ether oxygens (including phenoxy) is 2. The summed E-state index contributed by atoms with van der Waals surface area (Å²) in [4.78, 5) is 16.6. The maximum absolute atomic E-state index is 14.5. The van der Waals surface area contributed by atoms with Gasteiger partial charge >= 0.3 is 0 Å². The van der Waals surface area contributed by atoms with E-state index >= 15 is 0 Å². The third-order valence-electron chi connectivity index (χ3n) is 6.36. The van der Waals surface area contributed by atoms with Crippen LogP contribution in [0, 0.1) is 5.82 Å². The molecule has 0 amide bonds. The average Bonchev–Trinajstić information content (AvgIpc) is 2.89. The summed E-state index contributed by atoms with van der Waals surface area (Å²) >= 11 is 0. The SMILES string of the molecule is CC(C)(CON=C1CCN(c2ncc(-c3cccc(CO)c3F)cn2)CC1)OCC1CCCCO1. The largest absolute Gasteiger partial charge is 0.393 e. The molecule has 1 aromatic carbocycles. The van der Waals surface area contributed by atoms with Gasteiger partial charge in [-0.05, 0) is 33.1 Å². The molecule has 3 heterocycles. The molecule has 4 rings (SSSR count). The lowest BCUT2D eigenvalue weighted by atomic mass is 10.1. The fourth-order valence-electron chi connectivity index (χ4n) is 4.18. The molecule has 8 nitrogen and oxygen atoms in total. The van der Waals surface area contributed by atoms with E-state index in [-0.39, 0.29) is 18.3 Å². The Balaban J connectivity index is 1.24. The van der Waals surface area contributed by atoms with Gasteiger partial charge in [0.05, 0.1) is 30.6 Å². The molecule has 2 fully saturated rings. The molecule has 2 saturated heterocycles. The van der Waals surface area contributed by atoms with Gasteiger partial charge in [0, 0.05) is 61.6 Å². The number of rotatable bonds is 9. The second-order valence-electron chi connectivity index (χ2n) is 9.69. The molecule has 0 radical (unpaired) electrons. The first-order chi connectivity index (χ1) is 16.9. The van der Waals surface area contributed by atoms with Gasteiger partial charge in [0.15, 0.2) is 0 Å². The van der Waals surface area contributed by atoms with Gasteiger partial charge in [-0.3, -0.25) is 0 Å². The molecular formula is C26H35FN4O4. The molecule has 0 saturated carbocycles. The van der Waals surface area contributed by atoms with E-state index in [1.807, 2.05) is 13.8 Å². The van der Waals surface area contributed by atoms with E-state index in [2.05, 4.69) is 20.0 Å². The minimum atomic E-state index is -0.443. The number of anilines is 1. The maximum Gasteiger partial charge on any atom is 0.225 e. The number of aliphatic hydroxyl groups is 1. The lowest BCUT2D eigenvalue weighted by molar-refractivity contribution is -0.119. The first kappa shape index (κ1) is 25.5. The molecule has 9 heteroatoms. The predicted octanol–water partition coefficient (Wildman–Crippen LogP) is 4.11. The summed E-state index contributed by atoms with van der Waals surface area (Å²) < 4.78 is 26.2. The van der Waals surface area contributed by atoms with E-state index in [1.165, 1.54) is 6.42 Å². The summed E-state index contributed by atoms with van der Waals surface area (Å²) in [6.07, 6.45) is 8.32. The van der Waals surface area contributed by atoms with Crippen LogP contribution in [0.4, 0.5) is 10.3 Å². The van der Waals surface area contributed by atoms with Gasteiger partial charge in [-0.25, -0.2) is 14.4 Å². The zero-order valence-electron chi connectivity index (χ0n) is 20.6. The van der Waals surface area contributed by atoms with Crippen molar-refractivity contribution in [3.63, 3.8) is 0 Å². The molecule has 0 spiro atoms. The van der Waals surface area contributed by atoms with Gasteiger partial charge < -0.3 is 24.3 Å². The minimum Gasteiger partial charge on any atom is -0.393 e. The quantitative estimate of drug-likeness (QED) is 0.534. The zero-order chi connectivity index (χ0) is 24.7. The predicted molar refractivity (Wildman–Crippen MR) is 132 cm³/mol. The first-order valence-corrected chi connectivity index (χ1v) is 12.3. The molecule has 2 aliphatic rings. The lowest BCUT2D eigenvalue weighted by Gasteiger charge is -2.29. The van der Waals surface area contributed by atoms with Crippen LogP contribution in [0.2, 0.25) is 0 Å². The van der Waals surface area contributed by atoms with Crippen LogP contribution in [0.3, 0.4) is 0 Å². The molecule has 35 heavy (non-hydrogen) atoms. The molecule has 1 atom stereocenters. The third-order valence-corrected chi connectivity index (χ3v) is 6.36. The van der Waals surface area contributed by atoms with Crippen molar-refractivity contribution >= 4 is 11.7 Å². The number of oxime groups is 1. The second-order valence-corrected chi connectivity index (χ2v) is 9.69. The van der Waals surface area contributed by atoms with Crippen molar-refractivity contribution in [1.29, 1.82) is 0 Å². The van der Waals surface area contributed by atoms with Crippen LogP contribution in [-0.4, -0.2) is 65.4 Å². The highest BCUT2D eigenvalue weighted by Gasteiger charge is 2.24. The Bertz CT molecular complexity index is 983. The van der Waals surface area contributed by atoms with Crippen LogP contribution in [-0.2, 0) is 20.9 Å². The van der Waals surface area contributed by atoms with Gasteiger partial charge in [0.2, 0.25) is 5.95 Å². The summed E-state index contributed by atoms with van der Waals surface area (Å²) in [7, 11) is 0. The molecular weight excluding hydrogens is 451 g/mol. The summed E-state index contributed by atoms with van der Waals surface area (Å²) in [5, 5.41) is 13.6. The molecule has 1 aromatic heterocycles. The molecule has 2 aliphatic heterocycles. The average molecular weight is 487 g/mol. The van der Waals surface area contributed by atoms with E-state index in [9.17, 15) is 9.50 Å². The van der Waals surface area contributed by atoms with Gasteiger partial charge in [-0.1, -0.05) is 23.4 Å². The Morgan fingerprint density at radius 2 is 1.97 bits per heavy atom. The topological polar surface area (TPSA) is 89.3 Å². The van der Waals surface area contributed by atoms with Crippen LogP contribution >= 0.6 is 0 Å². The van der Waals surface area contributed by atoms with Gasteiger partial charge in [-0.15, -0.1) is 0 Å². The number of benzene rings is 1. The van der Waals surface area contributed by atoms with E-state index in [0.29, 0.717) is 30.3 Å². The summed E-state index contributed by atoms with van der Waals surface area (Å²) in [6, 6.07) is 4.93. The molecule has 0 aliphatic carbocycles. The monoisotopic (exact) mass is 486 g/mol. The van der Waals surface area contributed by atoms with Crippen LogP contribution in [0.25, 0.3) is 11.1 Å². The van der Waals surface area contributed by atoms with Crippen molar-refractivity contribution in [3.8, 4) is 11.1 Å². The lowest BCUT2D eigenvalue weighted by Crippen LogP contribution is -2.36. The number of halogens is 1. The smallest absolute Gasteiger partial charge is 0.225 e. The van der Waals surface area contributed by atoms with Crippen LogP contribution in [0.15, 0.2) is 35.7 Å². The summed E-state index contributed by atoms with van der Waals surface area (Å²) in [6.45, 7) is 6.91. The van der Waals surface area contributed by atoms with E-state index < -0.39 is 11.4 Å². The Labute approximate surface area is 206 Å². The Morgan fingerprint density at radius 1 is 1.20 bits per heavy atom. The third kappa shape index (κ3) is 6.96. The van der Waals surface area contributed by atoms with Gasteiger partial charge in [0.1, 0.15) is 12.4 Å². The van der Waals surface area contributed by atoms with E-state index in [1.54, 1.807) is 30.6 Å². The fourth-order valence-corrected chi connectivity index (χ4v) is 4.18. The summed E-state index contributed by atoms with van der Waals surface area (Å²) in [5.74, 6) is 0.160. The van der Waals surface area contributed by atoms with E-state index in [4.69, 9.17) is 14.3 Å². The fraction of sp³-hybridized carbons (Fsp3) is 0.577. The molecule has 190 valence electrons. The summed E-state index contributed by atoms with van der Waals surface area (Å²) in [5.41, 5.74) is 1.79. The Kier molecular flexibility index (Phi) is 8.64. The molecule has 1 N–H and O–H groups in total. The minimum absolute atomic E-state index is 0.180. The normalized spacial score (nSPS) is 19.0. The number of hydrogen-bond acceptors (Lipinski definition) is 8. The van der Waals surface area contributed by atoms with Crippen molar-refractivity contribution in [1.82, 2.24) is 9.97 Å². The highest BCUT2D eigenvalue weighted by molar-refractivity contribution is 5.86. The van der Waals surface area contributed by atoms with Crippen molar-refractivity contribution in [2.24, 2.45) is 5.16 Å². The van der Waals surface area contributed by atoms with Crippen LogP contribution in [0.1, 0.15) is 51.5 Å². The Morgan fingerprint density at radius 3 is 2.66 bits per heavy atom. The number of aliphatic hydroxyl groups excluding tert-OH is 1. The van der Waals surface area contributed by atoms with Crippen molar-refractivity contribution in [2.75, 3.05) is 37.8 Å². The molecule has 0 bridgehead atoms. The molecule has 1 unspecified atom stereocenters.